The van der Waals surface area contributed by atoms with Crippen molar-refractivity contribution in [1.82, 2.24) is 9.80 Å². The second-order valence-corrected chi connectivity index (χ2v) is 8.26. The lowest BCUT2D eigenvalue weighted by molar-refractivity contribution is -0.160. The van der Waals surface area contributed by atoms with Crippen LogP contribution >= 0.6 is 11.6 Å². The highest BCUT2D eigenvalue weighted by molar-refractivity contribution is 6.31. The maximum atomic E-state index is 12.9. The maximum absolute atomic E-state index is 12.9. The van der Waals surface area contributed by atoms with E-state index in [2.05, 4.69) is 4.90 Å². The molecule has 0 spiro atoms. The summed E-state index contributed by atoms with van der Waals surface area (Å²) in [6, 6.07) is 7.63. The molecule has 7 heteroatoms. The van der Waals surface area contributed by atoms with E-state index < -0.39 is 5.41 Å². The van der Waals surface area contributed by atoms with Gasteiger partial charge < -0.3 is 14.4 Å². The number of esters is 1. The van der Waals surface area contributed by atoms with Crippen molar-refractivity contribution < 1.29 is 19.1 Å². The third kappa shape index (κ3) is 5.71. The van der Waals surface area contributed by atoms with E-state index in [-0.39, 0.29) is 11.9 Å². The van der Waals surface area contributed by atoms with Crippen LogP contribution in [0.1, 0.15) is 31.7 Å². The van der Waals surface area contributed by atoms with Crippen LogP contribution in [0, 0.1) is 5.41 Å². The molecule has 2 aliphatic heterocycles. The lowest BCUT2D eigenvalue weighted by Gasteiger charge is -2.40. The van der Waals surface area contributed by atoms with Gasteiger partial charge in [0.15, 0.2) is 0 Å². The molecule has 0 aromatic heterocycles. The number of nitrogens with zero attached hydrogens (tertiary/aromatic N) is 2. The summed E-state index contributed by atoms with van der Waals surface area (Å²) in [5.41, 5.74) is 0.330. The Kier molecular flexibility index (Phi) is 7.92. The number of ether oxygens (including phenoxy) is 2. The molecule has 160 valence electrons. The van der Waals surface area contributed by atoms with E-state index in [4.69, 9.17) is 21.1 Å². The standard InChI is InChI=1S/C22H31ClN2O4/c1-2-29-21(27)22(17-18-5-3-4-6-19(18)23)8-11-25(12-9-22)20(26)7-10-24-13-15-28-16-14-24/h3-6H,2,7-17H2,1H3. The summed E-state index contributed by atoms with van der Waals surface area (Å²) in [4.78, 5) is 29.7. The number of likely N-dealkylation sites (tertiary alicyclic amines) is 1. The van der Waals surface area contributed by atoms with Crippen LogP contribution in [0.2, 0.25) is 5.02 Å². The van der Waals surface area contributed by atoms with Crippen LogP contribution < -0.4 is 0 Å². The van der Waals surface area contributed by atoms with Crippen molar-refractivity contribution in [1.29, 1.82) is 0 Å². The summed E-state index contributed by atoms with van der Waals surface area (Å²) in [7, 11) is 0. The number of morpholine rings is 1. The monoisotopic (exact) mass is 422 g/mol. The second-order valence-electron chi connectivity index (χ2n) is 7.85. The molecule has 0 bridgehead atoms. The number of carbonyl (C=O) groups excluding carboxylic acids is 2. The molecular formula is C22H31ClN2O4. The highest BCUT2D eigenvalue weighted by atomic mass is 35.5. The normalized spacial score (nSPS) is 19.7. The Morgan fingerprint density at radius 3 is 2.48 bits per heavy atom. The van der Waals surface area contributed by atoms with E-state index in [1.165, 1.54) is 0 Å². The molecule has 2 fully saturated rings. The highest BCUT2D eigenvalue weighted by Crippen LogP contribution is 2.38. The van der Waals surface area contributed by atoms with Gasteiger partial charge in [-0.25, -0.2) is 0 Å². The van der Waals surface area contributed by atoms with E-state index >= 15 is 0 Å². The number of piperidine rings is 1. The number of benzene rings is 1. The molecule has 0 saturated carbocycles. The first-order chi connectivity index (χ1) is 14.0. The van der Waals surface area contributed by atoms with Crippen LogP contribution in [0.15, 0.2) is 24.3 Å². The summed E-state index contributed by atoms with van der Waals surface area (Å²) >= 11 is 6.35. The first kappa shape index (κ1) is 22.1. The Balaban J connectivity index is 1.60. The predicted molar refractivity (Wildman–Crippen MR) is 112 cm³/mol. The van der Waals surface area contributed by atoms with Crippen LogP contribution in [0.3, 0.4) is 0 Å². The van der Waals surface area contributed by atoms with Crippen molar-refractivity contribution in [3.8, 4) is 0 Å². The molecule has 6 nitrogen and oxygen atoms in total. The molecule has 0 unspecified atom stereocenters. The van der Waals surface area contributed by atoms with Gasteiger partial charge in [0, 0.05) is 44.2 Å². The SMILES string of the molecule is CCOC(=O)C1(Cc2ccccc2Cl)CCN(C(=O)CCN2CCOCC2)CC1. The zero-order valence-electron chi connectivity index (χ0n) is 17.2. The van der Waals surface area contributed by atoms with Crippen LogP contribution in [-0.4, -0.2) is 74.2 Å². The summed E-state index contributed by atoms with van der Waals surface area (Å²) in [5.74, 6) is -0.0213. The largest absolute Gasteiger partial charge is 0.466 e. The first-order valence-corrected chi connectivity index (χ1v) is 10.9. The third-order valence-corrected chi connectivity index (χ3v) is 6.38. The van der Waals surface area contributed by atoms with Crippen molar-refractivity contribution in [3.63, 3.8) is 0 Å². The molecule has 0 aliphatic carbocycles. The Hall–Kier alpha value is -1.63. The molecule has 29 heavy (non-hydrogen) atoms. The summed E-state index contributed by atoms with van der Waals surface area (Å²) in [5, 5.41) is 0.667. The minimum Gasteiger partial charge on any atom is -0.466 e. The van der Waals surface area contributed by atoms with Crippen LogP contribution in [0.4, 0.5) is 0 Å². The second kappa shape index (κ2) is 10.4. The van der Waals surface area contributed by atoms with Crippen LogP contribution in [-0.2, 0) is 25.5 Å². The fraction of sp³-hybridized carbons (Fsp3) is 0.636. The predicted octanol–water partition coefficient (Wildman–Crippen LogP) is 2.78. The number of carbonyl (C=O) groups is 2. The van der Waals surface area contributed by atoms with Gasteiger partial charge in [-0.1, -0.05) is 29.8 Å². The molecule has 2 saturated heterocycles. The van der Waals surface area contributed by atoms with Crippen molar-refractivity contribution in [2.75, 3.05) is 52.5 Å². The van der Waals surface area contributed by atoms with E-state index in [0.717, 1.165) is 38.4 Å². The minimum absolute atomic E-state index is 0.159. The number of halogens is 1. The van der Waals surface area contributed by atoms with E-state index in [1.807, 2.05) is 36.1 Å². The molecule has 1 amide bonds. The van der Waals surface area contributed by atoms with E-state index in [1.54, 1.807) is 0 Å². The summed E-state index contributed by atoms with van der Waals surface area (Å²) in [6.45, 7) is 7.34. The molecule has 3 rings (SSSR count). The smallest absolute Gasteiger partial charge is 0.312 e. The Morgan fingerprint density at radius 2 is 1.83 bits per heavy atom. The van der Waals surface area contributed by atoms with Gasteiger partial charge in [0.2, 0.25) is 5.91 Å². The van der Waals surface area contributed by atoms with Gasteiger partial charge in [-0.05, 0) is 37.8 Å². The lowest BCUT2D eigenvalue weighted by atomic mass is 9.73. The average Bonchev–Trinajstić information content (AvgIpc) is 2.75. The highest BCUT2D eigenvalue weighted by Gasteiger charge is 2.43. The Labute approximate surface area is 178 Å². The van der Waals surface area contributed by atoms with Gasteiger partial charge in [-0.2, -0.15) is 0 Å². The van der Waals surface area contributed by atoms with E-state index in [0.29, 0.717) is 50.4 Å². The minimum atomic E-state index is -0.623. The Morgan fingerprint density at radius 1 is 1.14 bits per heavy atom. The third-order valence-electron chi connectivity index (χ3n) is 6.01. The summed E-state index contributed by atoms with van der Waals surface area (Å²) in [6.07, 6.45) is 2.25. The van der Waals surface area contributed by atoms with Gasteiger partial charge in [0.05, 0.1) is 25.2 Å². The molecule has 1 aromatic rings. The fourth-order valence-electron chi connectivity index (χ4n) is 4.16. The van der Waals surface area contributed by atoms with Gasteiger partial charge in [0.1, 0.15) is 0 Å². The first-order valence-electron chi connectivity index (χ1n) is 10.5. The van der Waals surface area contributed by atoms with Gasteiger partial charge in [0.25, 0.3) is 0 Å². The zero-order chi connectivity index (χ0) is 20.7. The van der Waals surface area contributed by atoms with Crippen LogP contribution in [0.5, 0.6) is 0 Å². The molecule has 0 N–H and O–H groups in total. The van der Waals surface area contributed by atoms with Crippen molar-refractivity contribution in [2.45, 2.75) is 32.6 Å². The zero-order valence-corrected chi connectivity index (χ0v) is 18.0. The van der Waals surface area contributed by atoms with Gasteiger partial charge in [-0.3, -0.25) is 14.5 Å². The van der Waals surface area contributed by atoms with Crippen molar-refractivity contribution in [2.24, 2.45) is 5.41 Å². The molecule has 1 aromatic carbocycles. The fourth-order valence-corrected chi connectivity index (χ4v) is 4.37. The summed E-state index contributed by atoms with van der Waals surface area (Å²) < 4.78 is 10.8. The molecular weight excluding hydrogens is 392 g/mol. The van der Waals surface area contributed by atoms with Gasteiger partial charge >= 0.3 is 5.97 Å². The quantitative estimate of drug-likeness (QED) is 0.632. The molecule has 2 aliphatic rings. The number of rotatable bonds is 7. The Bertz CT molecular complexity index is 698. The lowest BCUT2D eigenvalue weighted by Crippen LogP contribution is -2.49. The topological polar surface area (TPSA) is 59.1 Å². The molecule has 0 atom stereocenters. The van der Waals surface area contributed by atoms with Gasteiger partial charge in [-0.15, -0.1) is 0 Å². The van der Waals surface area contributed by atoms with Crippen LogP contribution in [0.25, 0.3) is 0 Å². The van der Waals surface area contributed by atoms with Crippen molar-refractivity contribution in [3.05, 3.63) is 34.9 Å². The number of hydrogen-bond acceptors (Lipinski definition) is 5. The maximum Gasteiger partial charge on any atom is 0.312 e. The number of amides is 1. The molecule has 0 radical (unpaired) electrons. The molecule has 2 heterocycles. The van der Waals surface area contributed by atoms with E-state index in [9.17, 15) is 9.59 Å². The number of hydrogen-bond donors (Lipinski definition) is 0. The average molecular weight is 423 g/mol. The van der Waals surface area contributed by atoms with Crippen molar-refractivity contribution >= 4 is 23.5 Å².